The van der Waals surface area contributed by atoms with Gasteiger partial charge in [-0.15, -0.1) is 0 Å². The molecule has 0 spiro atoms. The van der Waals surface area contributed by atoms with Gasteiger partial charge in [0.15, 0.2) is 0 Å². The Balaban J connectivity index is 2.10. The van der Waals surface area contributed by atoms with E-state index < -0.39 is 0 Å². The van der Waals surface area contributed by atoms with Crippen LogP contribution in [0.15, 0.2) is 24.4 Å². The van der Waals surface area contributed by atoms with Gasteiger partial charge in [0.05, 0.1) is 0 Å². The lowest BCUT2D eigenvalue weighted by Gasteiger charge is -2.29. The van der Waals surface area contributed by atoms with Crippen molar-refractivity contribution in [2.24, 2.45) is 5.92 Å². The first-order valence-electron chi connectivity index (χ1n) is 6.54. The van der Waals surface area contributed by atoms with Gasteiger partial charge in [-0.2, -0.15) is 0 Å². The highest BCUT2D eigenvalue weighted by Gasteiger charge is 2.25. The third-order valence-corrected chi connectivity index (χ3v) is 4.13. The van der Waals surface area contributed by atoms with Crippen LogP contribution in [0.2, 0.25) is 0 Å². The molecule has 2 heterocycles. The van der Waals surface area contributed by atoms with Crippen molar-refractivity contribution in [3.8, 4) is 0 Å². The number of nitrogens with one attached hydrogen (secondary N) is 2. The monoisotopic (exact) mass is 228 g/mol. The molecule has 1 fully saturated rings. The lowest BCUT2D eigenvalue weighted by molar-refractivity contribution is 0.351. The fourth-order valence-corrected chi connectivity index (χ4v) is 3.17. The normalized spacial score (nSPS) is 25.3. The summed E-state index contributed by atoms with van der Waals surface area (Å²) in [4.78, 5) is 3.43. The molecule has 0 aliphatic carbocycles. The van der Waals surface area contributed by atoms with Gasteiger partial charge in [-0.05, 0) is 55.5 Å². The largest absolute Gasteiger partial charge is 0.361 e. The van der Waals surface area contributed by atoms with Crippen LogP contribution in [0, 0.1) is 12.8 Å². The van der Waals surface area contributed by atoms with Crippen molar-refractivity contribution >= 4 is 10.9 Å². The maximum absolute atomic E-state index is 3.48. The number of piperidine rings is 1. The second-order valence-electron chi connectivity index (χ2n) is 5.32. The minimum Gasteiger partial charge on any atom is -0.361 e. The average molecular weight is 228 g/mol. The third-order valence-electron chi connectivity index (χ3n) is 4.13. The highest BCUT2D eigenvalue weighted by Crippen LogP contribution is 2.35. The van der Waals surface area contributed by atoms with Crippen LogP contribution >= 0.6 is 0 Å². The molecule has 1 aliphatic heterocycles. The molecule has 2 unspecified atom stereocenters. The molecule has 0 saturated carbocycles. The minimum atomic E-state index is 0.700. The molecule has 2 nitrogen and oxygen atoms in total. The minimum absolute atomic E-state index is 0.700. The van der Waals surface area contributed by atoms with Crippen molar-refractivity contribution < 1.29 is 0 Å². The highest BCUT2D eigenvalue weighted by atomic mass is 14.9. The number of aromatic nitrogens is 1. The maximum atomic E-state index is 3.48. The predicted molar refractivity (Wildman–Crippen MR) is 72.4 cm³/mol. The molecule has 1 aromatic carbocycles. The van der Waals surface area contributed by atoms with Gasteiger partial charge in [0.25, 0.3) is 0 Å². The predicted octanol–water partition coefficient (Wildman–Crippen LogP) is 3.19. The van der Waals surface area contributed by atoms with Crippen LogP contribution in [0.3, 0.4) is 0 Å². The topological polar surface area (TPSA) is 27.8 Å². The van der Waals surface area contributed by atoms with Crippen LogP contribution in [0.4, 0.5) is 0 Å². The van der Waals surface area contributed by atoms with Crippen molar-refractivity contribution in [2.45, 2.75) is 26.2 Å². The Morgan fingerprint density at radius 1 is 1.29 bits per heavy atom. The molecule has 90 valence electrons. The van der Waals surface area contributed by atoms with E-state index in [-0.39, 0.29) is 0 Å². The van der Waals surface area contributed by atoms with E-state index in [1.54, 1.807) is 0 Å². The number of fused-ring (bicyclic) bond motifs is 1. The smallest absolute Gasteiger partial charge is 0.0459 e. The van der Waals surface area contributed by atoms with E-state index in [9.17, 15) is 0 Å². The Morgan fingerprint density at radius 3 is 3.00 bits per heavy atom. The number of rotatable bonds is 1. The van der Waals surface area contributed by atoms with Crippen molar-refractivity contribution in [1.29, 1.82) is 0 Å². The van der Waals surface area contributed by atoms with Crippen LogP contribution in [0.25, 0.3) is 10.9 Å². The maximum Gasteiger partial charge on any atom is 0.0459 e. The summed E-state index contributed by atoms with van der Waals surface area (Å²) in [5, 5.41) is 4.93. The van der Waals surface area contributed by atoms with Crippen molar-refractivity contribution in [1.82, 2.24) is 10.3 Å². The fourth-order valence-electron chi connectivity index (χ4n) is 3.17. The first kappa shape index (κ1) is 10.8. The quantitative estimate of drug-likeness (QED) is 0.771. The van der Waals surface area contributed by atoms with Crippen molar-refractivity contribution in [3.05, 3.63) is 35.5 Å². The lowest BCUT2D eigenvalue weighted by atomic mass is 9.81. The number of hydrogen-bond acceptors (Lipinski definition) is 1. The second kappa shape index (κ2) is 4.19. The SMILES string of the molecule is Cc1cccc2[nH]cc(C3CCNCC3C)c12. The van der Waals surface area contributed by atoms with Gasteiger partial charge in [0.1, 0.15) is 0 Å². The van der Waals surface area contributed by atoms with E-state index in [0.29, 0.717) is 5.92 Å². The van der Waals surface area contributed by atoms with Crippen LogP contribution in [-0.2, 0) is 0 Å². The summed E-state index contributed by atoms with van der Waals surface area (Å²) in [7, 11) is 0. The Bertz CT molecular complexity index is 527. The molecule has 0 amide bonds. The van der Waals surface area contributed by atoms with Gasteiger partial charge in [-0.3, -0.25) is 0 Å². The van der Waals surface area contributed by atoms with Gasteiger partial charge < -0.3 is 10.3 Å². The molecule has 17 heavy (non-hydrogen) atoms. The van der Waals surface area contributed by atoms with E-state index in [1.807, 2.05) is 0 Å². The van der Waals surface area contributed by atoms with Gasteiger partial charge >= 0.3 is 0 Å². The lowest BCUT2D eigenvalue weighted by Crippen LogP contribution is -2.33. The fraction of sp³-hybridized carbons (Fsp3) is 0.467. The van der Waals surface area contributed by atoms with Crippen LogP contribution in [0.5, 0.6) is 0 Å². The Hall–Kier alpha value is -1.28. The number of hydrogen-bond donors (Lipinski definition) is 2. The van der Waals surface area contributed by atoms with Gasteiger partial charge in [0, 0.05) is 17.1 Å². The van der Waals surface area contributed by atoms with E-state index in [1.165, 1.54) is 28.5 Å². The van der Waals surface area contributed by atoms with E-state index in [2.05, 4.69) is 48.5 Å². The van der Waals surface area contributed by atoms with Crippen molar-refractivity contribution in [2.75, 3.05) is 13.1 Å². The molecule has 2 N–H and O–H groups in total. The molecule has 1 saturated heterocycles. The summed E-state index contributed by atoms with van der Waals surface area (Å²) in [6, 6.07) is 6.52. The molecular formula is C15H20N2. The second-order valence-corrected chi connectivity index (χ2v) is 5.32. The molecule has 1 aliphatic rings. The molecule has 2 heteroatoms. The first-order chi connectivity index (χ1) is 8.27. The summed E-state index contributed by atoms with van der Waals surface area (Å²) in [5.41, 5.74) is 4.20. The molecule has 0 radical (unpaired) electrons. The summed E-state index contributed by atoms with van der Waals surface area (Å²) in [6.45, 7) is 6.86. The Morgan fingerprint density at radius 2 is 2.18 bits per heavy atom. The first-order valence-corrected chi connectivity index (χ1v) is 6.54. The average Bonchev–Trinajstić information content (AvgIpc) is 2.75. The number of benzene rings is 1. The summed E-state index contributed by atoms with van der Waals surface area (Å²) in [5.74, 6) is 1.42. The number of aromatic amines is 1. The third kappa shape index (κ3) is 1.77. The van der Waals surface area contributed by atoms with Gasteiger partial charge in [0.2, 0.25) is 0 Å². The highest BCUT2D eigenvalue weighted by molar-refractivity contribution is 5.87. The van der Waals surface area contributed by atoms with Crippen LogP contribution < -0.4 is 5.32 Å². The summed E-state index contributed by atoms with van der Waals surface area (Å²) in [6.07, 6.45) is 3.48. The molecule has 2 aromatic rings. The zero-order valence-electron chi connectivity index (χ0n) is 10.6. The van der Waals surface area contributed by atoms with Crippen LogP contribution in [0.1, 0.15) is 30.4 Å². The standard InChI is InChI=1S/C15H20N2/c1-10-4-3-5-14-15(10)13(9-17-14)12-6-7-16-8-11(12)2/h3-5,9,11-12,16-17H,6-8H2,1-2H3. The van der Waals surface area contributed by atoms with E-state index in [4.69, 9.17) is 0 Å². The molecule has 3 rings (SSSR count). The van der Waals surface area contributed by atoms with E-state index in [0.717, 1.165) is 19.0 Å². The van der Waals surface area contributed by atoms with Gasteiger partial charge in [-0.1, -0.05) is 19.1 Å². The summed E-state index contributed by atoms with van der Waals surface area (Å²) < 4.78 is 0. The number of aryl methyl sites for hydroxylation is 1. The molecule has 0 bridgehead atoms. The Kier molecular flexibility index (Phi) is 2.67. The van der Waals surface area contributed by atoms with Gasteiger partial charge in [-0.25, -0.2) is 0 Å². The van der Waals surface area contributed by atoms with Crippen LogP contribution in [-0.4, -0.2) is 18.1 Å². The number of H-pyrrole nitrogens is 1. The molecule has 1 aromatic heterocycles. The molecule has 2 atom stereocenters. The zero-order valence-corrected chi connectivity index (χ0v) is 10.6. The Labute approximate surface area is 102 Å². The molecular weight excluding hydrogens is 208 g/mol. The van der Waals surface area contributed by atoms with Crippen molar-refractivity contribution in [3.63, 3.8) is 0 Å². The van der Waals surface area contributed by atoms with E-state index >= 15 is 0 Å². The summed E-state index contributed by atoms with van der Waals surface area (Å²) >= 11 is 0. The zero-order chi connectivity index (χ0) is 11.8.